The number of nitrogens with zero attached hydrogens (tertiary/aromatic N) is 2. The third kappa shape index (κ3) is 3.46. The summed E-state index contributed by atoms with van der Waals surface area (Å²) in [6.45, 7) is 1.87. The Morgan fingerprint density at radius 2 is 2.15 bits per heavy atom. The molecule has 1 amide bonds. The zero-order valence-electron chi connectivity index (χ0n) is 15.2. The number of aromatic nitrogens is 2. The number of hydrogen-bond donors (Lipinski definition) is 2. The normalized spacial score (nSPS) is 16.8. The molecular formula is C20H22FN3O3. The Hall–Kier alpha value is -2.70. The highest BCUT2D eigenvalue weighted by molar-refractivity contribution is 5.96. The first-order chi connectivity index (χ1) is 12.9. The fourth-order valence-corrected chi connectivity index (χ4v) is 3.74. The van der Waals surface area contributed by atoms with E-state index in [0.717, 1.165) is 36.1 Å². The largest absolute Gasteiger partial charge is 0.480 e. The van der Waals surface area contributed by atoms with Crippen LogP contribution in [0.2, 0.25) is 0 Å². The summed E-state index contributed by atoms with van der Waals surface area (Å²) in [5.74, 6) is -1.55. The van der Waals surface area contributed by atoms with Crippen molar-refractivity contribution < 1.29 is 19.1 Å². The molecule has 2 N–H and O–H groups in total. The Balaban J connectivity index is 1.66. The first-order valence-corrected chi connectivity index (χ1v) is 9.35. The van der Waals surface area contributed by atoms with E-state index in [9.17, 15) is 19.1 Å². The number of fused-ring (bicyclic) bond motifs is 1. The van der Waals surface area contributed by atoms with Gasteiger partial charge in [0.15, 0.2) is 5.69 Å². The predicted octanol–water partition coefficient (Wildman–Crippen LogP) is 2.79. The number of hydrogen-bond acceptors (Lipinski definition) is 3. The zero-order valence-corrected chi connectivity index (χ0v) is 15.2. The van der Waals surface area contributed by atoms with Crippen molar-refractivity contribution in [1.29, 1.82) is 0 Å². The van der Waals surface area contributed by atoms with Crippen LogP contribution in [0.4, 0.5) is 4.39 Å². The molecule has 0 aliphatic heterocycles. The van der Waals surface area contributed by atoms with Gasteiger partial charge in [-0.15, -0.1) is 0 Å². The van der Waals surface area contributed by atoms with Crippen molar-refractivity contribution in [3.05, 3.63) is 46.5 Å². The summed E-state index contributed by atoms with van der Waals surface area (Å²) in [4.78, 5) is 24.3. The van der Waals surface area contributed by atoms with E-state index >= 15 is 0 Å². The second kappa shape index (κ2) is 6.79. The Morgan fingerprint density at radius 3 is 2.85 bits per heavy atom. The fraction of sp³-hybridized carbons (Fsp3) is 0.450. The van der Waals surface area contributed by atoms with E-state index in [4.69, 9.17) is 0 Å². The van der Waals surface area contributed by atoms with Gasteiger partial charge in [-0.25, -0.2) is 13.9 Å². The molecule has 1 atom stereocenters. The third-order valence-electron chi connectivity index (χ3n) is 5.34. The van der Waals surface area contributed by atoms with Gasteiger partial charge >= 0.3 is 5.97 Å². The molecule has 1 fully saturated rings. The molecule has 2 aliphatic rings. The van der Waals surface area contributed by atoms with E-state index in [2.05, 4.69) is 10.4 Å². The van der Waals surface area contributed by atoms with Gasteiger partial charge < -0.3 is 10.4 Å². The van der Waals surface area contributed by atoms with E-state index in [1.54, 1.807) is 12.1 Å². The number of nitrogens with one attached hydrogen (secondary N) is 1. The maximum atomic E-state index is 14.4. The number of carbonyl (C=O) groups is 2. The predicted molar refractivity (Wildman–Crippen MR) is 96.5 cm³/mol. The number of carboxylic acid groups (broad SMARTS) is 1. The van der Waals surface area contributed by atoms with Crippen LogP contribution >= 0.6 is 0 Å². The van der Waals surface area contributed by atoms with Crippen LogP contribution in [0.15, 0.2) is 18.2 Å². The highest BCUT2D eigenvalue weighted by Crippen LogP contribution is 2.34. The van der Waals surface area contributed by atoms with Crippen LogP contribution in [0.1, 0.15) is 53.0 Å². The Bertz CT molecular complexity index is 917. The lowest BCUT2D eigenvalue weighted by Crippen LogP contribution is -2.41. The molecular weight excluding hydrogens is 349 g/mol. The summed E-state index contributed by atoms with van der Waals surface area (Å²) < 4.78 is 15.9. The Morgan fingerprint density at radius 1 is 1.37 bits per heavy atom. The van der Waals surface area contributed by atoms with Gasteiger partial charge in [0.2, 0.25) is 0 Å². The summed E-state index contributed by atoms with van der Waals surface area (Å²) in [6, 6.07) is 3.87. The summed E-state index contributed by atoms with van der Waals surface area (Å²) >= 11 is 0. The first kappa shape index (κ1) is 17.7. The van der Waals surface area contributed by atoms with Gasteiger partial charge in [-0.2, -0.15) is 5.10 Å². The summed E-state index contributed by atoms with van der Waals surface area (Å²) in [5.41, 5.74) is 3.06. The number of rotatable bonds is 6. The van der Waals surface area contributed by atoms with Crippen molar-refractivity contribution in [2.45, 2.75) is 51.5 Å². The van der Waals surface area contributed by atoms with Gasteiger partial charge in [-0.1, -0.05) is 18.9 Å². The molecule has 0 spiro atoms. The van der Waals surface area contributed by atoms with Crippen molar-refractivity contribution in [3.63, 3.8) is 0 Å². The minimum absolute atomic E-state index is 0.213. The molecule has 2 aliphatic carbocycles. The van der Waals surface area contributed by atoms with Gasteiger partial charge in [0, 0.05) is 11.3 Å². The van der Waals surface area contributed by atoms with Crippen LogP contribution in [0.25, 0.3) is 5.69 Å². The molecule has 7 heteroatoms. The van der Waals surface area contributed by atoms with Crippen LogP contribution < -0.4 is 5.32 Å². The summed E-state index contributed by atoms with van der Waals surface area (Å²) in [6.07, 6.45) is 4.73. The molecule has 6 nitrogen and oxygen atoms in total. The molecule has 0 saturated heterocycles. The minimum Gasteiger partial charge on any atom is -0.480 e. The lowest BCUT2D eigenvalue weighted by Gasteiger charge is -2.13. The lowest BCUT2D eigenvalue weighted by atomic mass is 10.1. The van der Waals surface area contributed by atoms with E-state index in [1.807, 2.05) is 6.92 Å². The molecule has 0 radical (unpaired) electrons. The van der Waals surface area contributed by atoms with Crippen LogP contribution in [-0.4, -0.2) is 32.8 Å². The SMILES string of the molecule is Cc1ccc(F)c(-n2nc(C(=O)NC(CC3CC3)C(=O)O)c3c2CCC3)c1. The molecule has 142 valence electrons. The smallest absolute Gasteiger partial charge is 0.326 e. The molecule has 4 rings (SSSR count). The average molecular weight is 371 g/mol. The number of aliphatic carboxylic acids is 1. The first-order valence-electron chi connectivity index (χ1n) is 9.35. The summed E-state index contributed by atoms with van der Waals surface area (Å²) in [5, 5.41) is 16.4. The Labute approximate surface area is 156 Å². The standard InChI is InChI=1S/C20H22FN3O3/c1-11-5-8-14(21)17(9-11)24-16-4-2-3-13(16)18(23-24)19(25)22-15(20(26)27)10-12-6-7-12/h5,8-9,12,15H,2-4,6-7,10H2,1H3,(H,22,25)(H,26,27). The zero-order chi connectivity index (χ0) is 19.1. The molecule has 1 heterocycles. The topological polar surface area (TPSA) is 84.2 Å². The van der Waals surface area contributed by atoms with Gasteiger partial charge in [0.1, 0.15) is 17.5 Å². The van der Waals surface area contributed by atoms with E-state index in [1.165, 1.54) is 10.7 Å². The number of carboxylic acids is 1. The van der Waals surface area contributed by atoms with Gasteiger partial charge in [-0.3, -0.25) is 4.79 Å². The minimum atomic E-state index is -1.03. The van der Waals surface area contributed by atoms with Crippen molar-refractivity contribution in [3.8, 4) is 5.69 Å². The molecule has 1 aromatic carbocycles. The Kier molecular flexibility index (Phi) is 4.45. The van der Waals surface area contributed by atoms with Crippen LogP contribution in [0.5, 0.6) is 0 Å². The van der Waals surface area contributed by atoms with E-state index < -0.39 is 23.7 Å². The lowest BCUT2D eigenvalue weighted by molar-refractivity contribution is -0.139. The number of aryl methyl sites for hydroxylation is 1. The highest BCUT2D eigenvalue weighted by Gasteiger charge is 2.33. The van der Waals surface area contributed by atoms with Crippen molar-refractivity contribution >= 4 is 11.9 Å². The van der Waals surface area contributed by atoms with E-state index in [0.29, 0.717) is 30.9 Å². The number of amides is 1. The van der Waals surface area contributed by atoms with Crippen molar-refractivity contribution in [1.82, 2.24) is 15.1 Å². The maximum Gasteiger partial charge on any atom is 0.326 e. The van der Waals surface area contributed by atoms with Crippen molar-refractivity contribution in [2.75, 3.05) is 0 Å². The monoisotopic (exact) mass is 371 g/mol. The van der Waals surface area contributed by atoms with Gasteiger partial charge in [0.25, 0.3) is 5.91 Å². The van der Waals surface area contributed by atoms with Crippen LogP contribution in [-0.2, 0) is 17.6 Å². The van der Waals surface area contributed by atoms with Crippen LogP contribution in [0, 0.1) is 18.7 Å². The molecule has 1 unspecified atom stereocenters. The van der Waals surface area contributed by atoms with Crippen LogP contribution in [0.3, 0.4) is 0 Å². The third-order valence-corrected chi connectivity index (χ3v) is 5.34. The second-order valence-corrected chi connectivity index (χ2v) is 7.54. The molecule has 2 aromatic rings. The number of benzene rings is 1. The maximum absolute atomic E-state index is 14.4. The highest BCUT2D eigenvalue weighted by atomic mass is 19.1. The number of halogens is 1. The van der Waals surface area contributed by atoms with E-state index in [-0.39, 0.29) is 5.69 Å². The summed E-state index contributed by atoms with van der Waals surface area (Å²) in [7, 11) is 0. The molecule has 1 aromatic heterocycles. The number of carbonyl (C=O) groups excluding carboxylic acids is 1. The van der Waals surface area contributed by atoms with Gasteiger partial charge in [-0.05, 0) is 56.2 Å². The molecule has 0 bridgehead atoms. The molecule has 27 heavy (non-hydrogen) atoms. The molecule has 1 saturated carbocycles. The average Bonchev–Trinajstić information content (AvgIpc) is 3.18. The second-order valence-electron chi connectivity index (χ2n) is 7.54. The quantitative estimate of drug-likeness (QED) is 0.818. The fourth-order valence-electron chi connectivity index (χ4n) is 3.74. The van der Waals surface area contributed by atoms with Gasteiger partial charge in [0.05, 0.1) is 0 Å². The van der Waals surface area contributed by atoms with Crippen molar-refractivity contribution in [2.24, 2.45) is 5.92 Å².